The summed E-state index contributed by atoms with van der Waals surface area (Å²) in [6.07, 6.45) is 15.6. The second-order valence-electron chi connectivity index (χ2n) is 9.91. The van der Waals surface area contributed by atoms with Gasteiger partial charge in [-0.2, -0.15) is 0 Å². The third kappa shape index (κ3) is 9.20. The Morgan fingerprint density at radius 1 is 0.923 bits per heavy atom. The molecule has 0 aliphatic rings. The number of carbonyl (C=O) groups excluding carboxylic acids is 1. The van der Waals surface area contributed by atoms with Crippen LogP contribution in [0.1, 0.15) is 82.2 Å². The second kappa shape index (κ2) is 14.6. The van der Waals surface area contributed by atoms with Crippen LogP contribution in [0.5, 0.6) is 0 Å². The number of aryl methyl sites for hydroxylation is 3. The van der Waals surface area contributed by atoms with Crippen LogP contribution in [0.25, 0.3) is 6.08 Å². The minimum Gasteiger partial charge on any atom is -0.294 e. The third-order valence-corrected chi connectivity index (χ3v) is 6.22. The molecule has 39 heavy (non-hydrogen) atoms. The van der Waals surface area contributed by atoms with E-state index in [1.54, 1.807) is 0 Å². The fourth-order valence-electron chi connectivity index (χ4n) is 4.22. The molecule has 2 aromatic carbocycles. The summed E-state index contributed by atoms with van der Waals surface area (Å²) in [5.74, 6) is 6.61. The van der Waals surface area contributed by atoms with Crippen LogP contribution < -0.4 is 0 Å². The molecule has 3 nitrogen and oxygen atoms in total. The minimum atomic E-state index is 0.0875. The molecule has 0 bridgehead atoms. The molecule has 0 aliphatic carbocycles. The standard InChI is InChI=1S/C36H38N2O/c1-7-9-10-11-35-20-29(6)34(25-38-35)15-14-32-23-33(13-12-28(32)5)36(39)22-31-18-26(3)17-30(21-31)19-27(4)24-37-16-8-2/h7,9-13,16-18,20-21,23-25H,8,19,22H2,1-6H3/b9-7?,11-10?,27-24+,37-16?. The molecule has 0 radical (unpaired) electrons. The van der Waals surface area contributed by atoms with E-state index in [2.05, 4.69) is 60.8 Å². The Morgan fingerprint density at radius 2 is 1.67 bits per heavy atom. The minimum absolute atomic E-state index is 0.0875. The molecule has 0 fully saturated rings. The van der Waals surface area contributed by atoms with E-state index in [9.17, 15) is 4.79 Å². The summed E-state index contributed by atoms with van der Waals surface area (Å²) in [5.41, 5.74) is 9.99. The molecule has 0 saturated heterocycles. The smallest absolute Gasteiger partial charge is 0.167 e. The molecule has 0 atom stereocenters. The van der Waals surface area contributed by atoms with Gasteiger partial charge in [0, 0.05) is 41.7 Å². The van der Waals surface area contributed by atoms with Crippen LogP contribution in [0.4, 0.5) is 0 Å². The van der Waals surface area contributed by atoms with E-state index < -0.39 is 0 Å². The van der Waals surface area contributed by atoms with Gasteiger partial charge in [0.1, 0.15) is 0 Å². The first kappa shape index (κ1) is 29.3. The van der Waals surface area contributed by atoms with E-state index in [0.717, 1.165) is 51.9 Å². The van der Waals surface area contributed by atoms with Crippen molar-refractivity contribution in [2.24, 2.45) is 4.99 Å². The van der Waals surface area contributed by atoms with Crippen molar-refractivity contribution < 1.29 is 4.79 Å². The molecule has 1 aromatic heterocycles. The lowest BCUT2D eigenvalue weighted by atomic mass is 9.95. The lowest BCUT2D eigenvalue weighted by molar-refractivity contribution is 0.0993. The summed E-state index contributed by atoms with van der Waals surface area (Å²) < 4.78 is 0. The summed E-state index contributed by atoms with van der Waals surface area (Å²) in [7, 11) is 0. The van der Waals surface area contributed by atoms with Crippen LogP contribution in [0, 0.1) is 32.6 Å². The first-order valence-corrected chi connectivity index (χ1v) is 13.5. The highest BCUT2D eigenvalue weighted by atomic mass is 16.1. The first-order chi connectivity index (χ1) is 18.8. The number of ketones is 1. The average Bonchev–Trinajstić information content (AvgIpc) is 2.89. The molecule has 1 heterocycles. The summed E-state index contributed by atoms with van der Waals surface area (Å²) in [5, 5.41) is 0. The molecular formula is C36H38N2O. The number of pyridine rings is 1. The molecule has 0 N–H and O–H groups in total. The predicted octanol–water partition coefficient (Wildman–Crippen LogP) is 8.35. The zero-order chi connectivity index (χ0) is 28.2. The van der Waals surface area contributed by atoms with Gasteiger partial charge in [0.2, 0.25) is 0 Å². The number of benzene rings is 2. The van der Waals surface area contributed by atoms with Gasteiger partial charge in [-0.15, -0.1) is 0 Å². The zero-order valence-electron chi connectivity index (χ0n) is 24.0. The Labute approximate surface area is 234 Å². The van der Waals surface area contributed by atoms with Crippen LogP contribution >= 0.6 is 0 Å². The average molecular weight is 515 g/mol. The van der Waals surface area contributed by atoms with Gasteiger partial charge in [0.15, 0.2) is 5.78 Å². The zero-order valence-corrected chi connectivity index (χ0v) is 24.0. The number of Topliss-reactive ketones (excluding diaryl/α,β-unsaturated/α-hetero) is 1. The molecular weight excluding hydrogens is 476 g/mol. The number of aromatic nitrogens is 1. The summed E-state index contributed by atoms with van der Waals surface area (Å²) in [6.45, 7) is 12.3. The molecule has 3 aromatic rings. The lowest BCUT2D eigenvalue weighted by Crippen LogP contribution is -2.05. The van der Waals surface area contributed by atoms with E-state index in [1.165, 1.54) is 11.1 Å². The lowest BCUT2D eigenvalue weighted by Gasteiger charge is -2.09. The van der Waals surface area contributed by atoms with E-state index in [4.69, 9.17) is 0 Å². The highest BCUT2D eigenvalue weighted by molar-refractivity contribution is 5.98. The van der Waals surface area contributed by atoms with Crippen molar-refractivity contribution in [1.29, 1.82) is 0 Å². The Hall–Kier alpha value is -4.29. The van der Waals surface area contributed by atoms with Gasteiger partial charge < -0.3 is 0 Å². The summed E-state index contributed by atoms with van der Waals surface area (Å²) >= 11 is 0. The van der Waals surface area contributed by atoms with Gasteiger partial charge in [-0.1, -0.05) is 78.5 Å². The number of carbonyl (C=O) groups is 1. The quantitative estimate of drug-likeness (QED) is 0.125. The highest BCUT2D eigenvalue weighted by Gasteiger charge is 2.11. The van der Waals surface area contributed by atoms with Crippen LogP contribution in [-0.4, -0.2) is 17.0 Å². The Kier molecular flexibility index (Phi) is 11.0. The maximum absolute atomic E-state index is 13.3. The van der Waals surface area contributed by atoms with Crippen molar-refractivity contribution in [2.45, 2.75) is 60.8 Å². The van der Waals surface area contributed by atoms with Gasteiger partial charge in [-0.25, -0.2) is 0 Å². The Balaban J connectivity index is 1.78. The molecule has 198 valence electrons. The SMILES string of the molecule is CC=CC=Cc1cc(C)c(C#Cc2cc(C(=O)Cc3cc(C)cc(C/C(C)=C/N=CCC)c3)ccc2C)cn1. The summed E-state index contributed by atoms with van der Waals surface area (Å²) in [6, 6.07) is 14.2. The van der Waals surface area contributed by atoms with Gasteiger partial charge >= 0.3 is 0 Å². The van der Waals surface area contributed by atoms with Crippen molar-refractivity contribution in [3.63, 3.8) is 0 Å². The highest BCUT2D eigenvalue weighted by Crippen LogP contribution is 2.18. The Morgan fingerprint density at radius 3 is 2.38 bits per heavy atom. The molecule has 3 rings (SSSR count). The van der Waals surface area contributed by atoms with E-state index in [-0.39, 0.29) is 5.78 Å². The fraction of sp³-hybridized carbons (Fsp3) is 0.250. The first-order valence-electron chi connectivity index (χ1n) is 13.5. The number of allylic oxidation sites excluding steroid dienone is 4. The van der Waals surface area contributed by atoms with E-state index in [0.29, 0.717) is 12.0 Å². The number of hydrogen-bond acceptors (Lipinski definition) is 3. The molecule has 0 spiro atoms. The van der Waals surface area contributed by atoms with Crippen LogP contribution in [0.3, 0.4) is 0 Å². The van der Waals surface area contributed by atoms with Crippen LogP contribution in [0.2, 0.25) is 0 Å². The van der Waals surface area contributed by atoms with Crippen molar-refractivity contribution in [3.8, 4) is 11.8 Å². The molecule has 0 unspecified atom stereocenters. The van der Waals surface area contributed by atoms with Crippen molar-refractivity contribution in [1.82, 2.24) is 4.98 Å². The topological polar surface area (TPSA) is 42.3 Å². The summed E-state index contributed by atoms with van der Waals surface area (Å²) in [4.78, 5) is 22.1. The van der Waals surface area contributed by atoms with Gasteiger partial charge in [-0.05, 0) is 87.9 Å². The third-order valence-electron chi connectivity index (χ3n) is 6.22. The van der Waals surface area contributed by atoms with Crippen molar-refractivity contribution in [3.05, 3.63) is 129 Å². The fourth-order valence-corrected chi connectivity index (χ4v) is 4.22. The van der Waals surface area contributed by atoms with Crippen LogP contribution in [0.15, 0.2) is 83.7 Å². The monoisotopic (exact) mass is 514 g/mol. The normalized spacial score (nSPS) is 11.9. The number of rotatable bonds is 9. The predicted molar refractivity (Wildman–Crippen MR) is 165 cm³/mol. The maximum atomic E-state index is 13.3. The maximum Gasteiger partial charge on any atom is 0.167 e. The van der Waals surface area contributed by atoms with Crippen molar-refractivity contribution >= 4 is 18.1 Å². The number of hydrogen-bond donors (Lipinski definition) is 0. The van der Waals surface area contributed by atoms with Gasteiger partial charge in [0.25, 0.3) is 0 Å². The molecule has 3 heteroatoms. The van der Waals surface area contributed by atoms with E-state index in [1.807, 2.05) is 88.0 Å². The van der Waals surface area contributed by atoms with Crippen LogP contribution in [-0.2, 0) is 12.8 Å². The van der Waals surface area contributed by atoms with Gasteiger partial charge in [0.05, 0.1) is 5.69 Å². The largest absolute Gasteiger partial charge is 0.294 e. The second-order valence-corrected chi connectivity index (χ2v) is 9.91. The molecule has 0 saturated carbocycles. The van der Waals surface area contributed by atoms with Gasteiger partial charge in [-0.3, -0.25) is 14.8 Å². The molecule has 0 aliphatic heterocycles. The molecule has 0 amide bonds. The van der Waals surface area contributed by atoms with E-state index >= 15 is 0 Å². The van der Waals surface area contributed by atoms with Crippen molar-refractivity contribution in [2.75, 3.05) is 0 Å². The number of nitrogens with zero attached hydrogens (tertiary/aromatic N) is 2. The Bertz CT molecular complexity index is 1510. The number of aliphatic imine (C=N–C) groups is 1.